The van der Waals surface area contributed by atoms with Crippen molar-refractivity contribution in [1.82, 2.24) is 0 Å². The molecule has 4 aliphatic carbocycles. The van der Waals surface area contributed by atoms with E-state index in [9.17, 15) is 4.79 Å². The van der Waals surface area contributed by atoms with Crippen molar-refractivity contribution in [2.75, 3.05) is 6.61 Å². The van der Waals surface area contributed by atoms with E-state index in [4.69, 9.17) is 14.2 Å². The van der Waals surface area contributed by atoms with Crippen molar-refractivity contribution in [2.24, 2.45) is 46.3 Å². The zero-order valence-electron chi connectivity index (χ0n) is 21.2. The van der Waals surface area contributed by atoms with Crippen LogP contribution in [-0.2, 0) is 19.0 Å². The summed E-state index contributed by atoms with van der Waals surface area (Å²) in [4.78, 5) is 11.5. The van der Waals surface area contributed by atoms with Gasteiger partial charge >= 0.3 is 5.97 Å². The lowest BCUT2D eigenvalue weighted by atomic mass is 9.44. The second-order valence-corrected chi connectivity index (χ2v) is 13.3. The highest BCUT2D eigenvalue weighted by molar-refractivity contribution is 5.66. The average molecular weight is 457 g/mol. The molecule has 2 heterocycles. The molecule has 4 heteroatoms. The van der Waals surface area contributed by atoms with Gasteiger partial charge in [-0.15, -0.1) is 0 Å². The number of fused-ring (bicyclic) bond motifs is 7. The number of ether oxygens (including phenoxy) is 3. The van der Waals surface area contributed by atoms with Gasteiger partial charge in [-0.1, -0.05) is 32.9 Å². The fourth-order valence-electron chi connectivity index (χ4n) is 10.4. The quantitative estimate of drug-likeness (QED) is 0.344. The molecule has 4 nitrogen and oxygen atoms in total. The topological polar surface area (TPSA) is 44.8 Å². The Bertz CT molecular complexity index is 825. The fourth-order valence-corrected chi connectivity index (χ4v) is 10.4. The molecule has 0 amide bonds. The third kappa shape index (κ3) is 3.18. The third-order valence-corrected chi connectivity index (χ3v) is 12.0. The fraction of sp³-hybridized carbons (Fsp3) is 0.897. The molecule has 4 saturated carbocycles. The van der Waals surface area contributed by atoms with Gasteiger partial charge in [-0.3, -0.25) is 4.79 Å². The Morgan fingerprint density at radius 2 is 1.82 bits per heavy atom. The van der Waals surface area contributed by atoms with Gasteiger partial charge in [-0.05, 0) is 98.2 Å². The average Bonchev–Trinajstić information content (AvgIpc) is 3.21. The van der Waals surface area contributed by atoms with Gasteiger partial charge in [0, 0.05) is 19.3 Å². The van der Waals surface area contributed by atoms with Gasteiger partial charge in [0.15, 0.2) is 5.79 Å². The van der Waals surface area contributed by atoms with Gasteiger partial charge in [0.1, 0.15) is 6.10 Å². The second kappa shape index (κ2) is 7.56. The minimum absolute atomic E-state index is 0.110. The summed E-state index contributed by atoms with van der Waals surface area (Å²) in [7, 11) is 0. The minimum atomic E-state index is -0.361. The molecule has 0 N–H and O–H groups in total. The highest BCUT2D eigenvalue weighted by Gasteiger charge is 2.69. The van der Waals surface area contributed by atoms with Crippen LogP contribution >= 0.6 is 0 Å². The molecule has 0 radical (unpaired) electrons. The maximum atomic E-state index is 11.5. The van der Waals surface area contributed by atoms with Crippen LogP contribution in [0.1, 0.15) is 91.9 Å². The lowest BCUT2D eigenvalue weighted by Gasteiger charge is -2.61. The highest BCUT2D eigenvalue weighted by Crippen LogP contribution is 2.71. The zero-order valence-corrected chi connectivity index (χ0v) is 21.2. The summed E-state index contributed by atoms with van der Waals surface area (Å²) < 4.78 is 18.9. The van der Waals surface area contributed by atoms with E-state index in [0.717, 1.165) is 43.4 Å². The Kier molecular flexibility index (Phi) is 5.18. The molecule has 11 atom stereocenters. The van der Waals surface area contributed by atoms with E-state index in [1.54, 1.807) is 6.92 Å². The van der Waals surface area contributed by atoms with Crippen molar-refractivity contribution in [3.05, 3.63) is 12.2 Å². The van der Waals surface area contributed by atoms with Crippen LogP contribution in [0.4, 0.5) is 0 Å². The second-order valence-electron chi connectivity index (χ2n) is 13.3. The first-order chi connectivity index (χ1) is 15.7. The number of carbonyl (C=O) groups is 1. The maximum absolute atomic E-state index is 11.5. The summed E-state index contributed by atoms with van der Waals surface area (Å²) in [5, 5.41) is 0. The first-order valence-electron chi connectivity index (χ1n) is 13.8. The Hall–Kier alpha value is -0.870. The number of hydrogen-bond acceptors (Lipinski definition) is 4. The number of hydrogen-bond donors (Lipinski definition) is 0. The standard InChI is InChI=1S/C29H44O4/c1-17-8-13-29(31-16-17)18(2)26-25(33-29)15-24-22-7-6-20-14-21(32-19(3)30)9-11-27(20,4)23(22)10-12-28(24,26)5/h18,20-26H,1,6-16H2,2-5H3/t18-,20-,21-,22+,23-,24-,25-,26-,27-,28-,29+/m0/s1. The zero-order chi connectivity index (χ0) is 23.2. The molecule has 0 aromatic heterocycles. The first-order valence-corrected chi connectivity index (χ1v) is 13.8. The van der Waals surface area contributed by atoms with Crippen LogP contribution in [0.5, 0.6) is 0 Å². The molecular formula is C29H44O4. The Morgan fingerprint density at radius 1 is 1.03 bits per heavy atom. The largest absolute Gasteiger partial charge is 0.463 e. The van der Waals surface area contributed by atoms with Crippen LogP contribution in [0.25, 0.3) is 0 Å². The van der Waals surface area contributed by atoms with Crippen molar-refractivity contribution in [2.45, 2.75) is 110 Å². The van der Waals surface area contributed by atoms with Gasteiger partial charge in [-0.25, -0.2) is 0 Å². The van der Waals surface area contributed by atoms with Gasteiger partial charge in [0.2, 0.25) is 0 Å². The summed E-state index contributed by atoms with van der Waals surface area (Å²) in [6, 6.07) is 0. The van der Waals surface area contributed by atoms with E-state index in [1.165, 1.54) is 44.1 Å². The molecule has 2 aliphatic heterocycles. The van der Waals surface area contributed by atoms with Crippen LogP contribution < -0.4 is 0 Å². The molecule has 2 saturated heterocycles. The summed E-state index contributed by atoms with van der Waals surface area (Å²) in [5.41, 5.74) is 2.01. The predicted octanol–water partition coefficient (Wildman–Crippen LogP) is 6.28. The number of rotatable bonds is 1. The molecule has 0 bridgehead atoms. The molecule has 0 aromatic carbocycles. The van der Waals surface area contributed by atoms with E-state index in [-0.39, 0.29) is 17.9 Å². The van der Waals surface area contributed by atoms with Crippen LogP contribution in [-0.4, -0.2) is 30.6 Å². The lowest BCUT2D eigenvalue weighted by Crippen LogP contribution is -2.55. The van der Waals surface area contributed by atoms with E-state index in [1.807, 2.05) is 0 Å². The van der Waals surface area contributed by atoms with Crippen molar-refractivity contribution in [3.8, 4) is 0 Å². The molecular weight excluding hydrogens is 412 g/mol. The Labute approximate surface area is 200 Å². The summed E-state index contributed by atoms with van der Waals surface area (Å²) >= 11 is 0. The predicted molar refractivity (Wildman–Crippen MR) is 127 cm³/mol. The van der Waals surface area contributed by atoms with Crippen molar-refractivity contribution in [3.63, 3.8) is 0 Å². The van der Waals surface area contributed by atoms with Crippen LogP contribution in [0, 0.1) is 46.3 Å². The molecule has 6 rings (SSSR count). The van der Waals surface area contributed by atoms with Crippen LogP contribution in [0.3, 0.4) is 0 Å². The molecule has 0 aromatic rings. The maximum Gasteiger partial charge on any atom is 0.302 e. The van der Waals surface area contributed by atoms with Crippen molar-refractivity contribution in [1.29, 1.82) is 0 Å². The number of carbonyl (C=O) groups excluding carboxylic acids is 1. The van der Waals surface area contributed by atoms with Gasteiger partial charge in [-0.2, -0.15) is 0 Å². The van der Waals surface area contributed by atoms with Crippen molar-refractivity contribution >= 4 is 5.97 Å². The van der Waals surface area contributed by atoms with Gasteiger partial charge in [0.25, 0.3) is 0 Å². The van der Waals surface area contributed by atoms with E-state index >= 15 is 0 Å². The Balaban J connectivity index is 1.21. The molecule has 184 valence electrons. The van der Waals surface area contributed by atoms with Crippen LogP contribution in [0.2, 0.25) is 0 Å². The lowest BCUT2D eigenvalue weighted by molar-refractivity contribution is -0.256. The smallest absolute Gasteiger partial charge is 0.302 e. The SMILES string of the molecule is C=C1CC[C@@]2(OC1)O[C@H]1C[C@H]3[C@@H]4CC[C@H]5C[C@@H](OC(C)=O)CC[C@]5(C)[C@H]4CC[C@]3(C)[C@H]1[C@@H]2C. The molecule has 0 unspecified atom stereocenters. The third-order valence-electron chi connectivity index (χ3n) is 12.0. The molecule has 1 spiro atoms. The normalized spacial score (nSPS) is 55.5. The highest BCUT2D eigenvalue weighted by atomic mass is 16.7. The van der Waals surface area contributed by atoms with Crippen LogP contribution in [0.15, 0.2) is 12.2 Å². The number of esters is 1. The monoisotopic (exact) mass is 456 g/mol. The van der Waals surface area contributed by atoms with Gasteiger partial charge < -0.3 is 14.2 Å². The summed E-state index contributed by atoms with van der Waals surface area (Å²) in [6.45, 7) is 14.0. The summed E-state index contributed by atoms with van der Waals surface area (Å²) in [5.74, 6) is 3.78. The minimum Gasteiger partial charge on any atom is -0.463 e. The summed E-state index contributed by atoms with van der Waals surface area (Å²) in [6.07, 6.45) is 12.5. The molecule has 33 heavy (non-hydrogen) atoms. The molecule has 6 fully saturated rings. The van der Waals surface area contributed by atoms with Gasteiger partial charge in [0.05, 0.1) is 12.7 Å². The van der Waals surface area contributed by atoms with E-state index in [0.29, 0.717) is 41.3 Å². The van der Waals surface area contributed by atoms with E-state index < -0.39 is 0 Å². The van der Waals surface area contributed by atoms with Crippen molar-refractivity contribution < 1.29 is 19.0 Å². The Morgan fingerprint density at radius 3 is 2.55 bits per heavy atom. The first kappa shape index (κ1) is 22.6. The van der Waals surface area contributed by atoms with E-state index in [2.05, 4.69) is 27.4 Å². The molecule has 6 aliphatic rings.